The lowest BCUT2D eigenvalue weighted by atomic mass is 9.94. The third-order valence-corrected chi connectivity index (χ3v) is 17.5. The molecule has 0 saturated heterocycles. The van der Waals surface area contributed by atoms with Gasteiger partial charge in [0.1, 0.15) is 0 Å². The summed E-state index contributed by atoms with van der Waals surface area (Å²) in [6.07, 6.45) is 0. The predicted octanol–water partition coefficient (Wildman–Crippen LogP) is 21.2. The Morgan fingerprint density at radius 1 is 0.233 bits per heavy atom. The van der Waals surface area contributed by atoms with Crippen LogP contribution in [-0.2, 0) is 0 Å². The number of thiophene rings is 2. The van der Waals surface area contributed by atoms with Gasteiger partial charge in [-0.1, -0.05) is 200 Å². The molecule has 0 radical (unpaired) electrons. The largest absolute Gasteiger partial charge is 0.310 e. The van der Waals surface area contributed by atoms with Gasteiger partial charge in [-0.2, -0.15) is 0 Å². The molecule has 13 aromatic carbocycles. The Bertz CT molecular complexity index is 4630. The van der Waals surface area contributed by atoms with E-state index in [2.05, 4.69) is 266 Å². The van der Waals surface area contributed by atoms with Crippen molar-refractivity contribution in [2.75, 3.05) is 4.90 Å². The van der Waals surface area contributed by atoms with Gasteiger partial charge in [0.25, 0.3) is 0 Å². The fraction of sp³-hybridized carbons (Fsp3) is 0. The van der Waals surface area contributed by atoms with Crippen LogP contribution in [0.2, 0.25) is 0 Å². The van der Waals surface area contributed by atoms with Gasteiger partial charge in [-0.3, -0.25) is 0 Å². The Morgan fingerprint density at radius 2 is 0.685 bits per heavy atom. The highest BCUT2D eigenvalue weighted by Crippen LogP contribution is 2.46. The quantitative estimate of drug-likeness (QED) is 0.154. The standard InChI is InChI=1S/C70H43NS2/c1-2-13-53-42-68-64(40-52(53)12-1)65-43-62(59-17-7-8-18-60(59)70(65)73-68)51-26-24-45(25-27-51)47-30-36-56(37-31-47)71(66-19-9-14-49-10-3-5-15-57(49)66)55-34-28-46(29-35-55)44-20-22-48(23-21-44)54-33-39-67-63(41-54)61-38-32-50-11-4-6-16-58(50)69(61)72-67/h1-43H. The molecule has 0 unspecified atom stereocenters. The number of nitrogens with zero attached hydrogens (tertiary/aromatic N) is 1. The lowest BCUT2D eigenvalue weighted by Gasteiger charge is -2.27. The summed E-state index contributed by atoms with van der Waals surface area (Å²) in [4.78, 5) is 2.40. The first-order valence-electron chi connectivity index (χ1n) is 25.0. The van der Waals surface area contributed by atoms with Crippen LogP contribution in [-0.4, -0.2) is 0 Å². The Morgan fingerprint density at radius 3 is 1.36 bits per heavy atom. The second-order valence-corrected chi connectivity index (χ2v) is 21.3. The minimum atomic E-state index is 1.10. The van der Waals surface area contributed by atoms with Crippen molar-refractivity contribution in [2.24, 2.45) is 0 Å². The molecule has 1 nitrogen and oxygen atoms in total. The molecule has 0 saturated carbocycles. The molecule has 2 aromatic heterocycles. The molecule has 0 aliphatic heterocycles. The lowest BCUT2D eigenvalue weighted by Crippen LogP contribution is -2.10. The summed E-state index contributed by atoms with van der Waals surface area (Å²) in [6.45, 7) is 0. The molecule has 2 heterocycles. The Kier molecular flexibility index (Phi) is 9.69. The minimum Gasteiger partial charge on any atom is -0.310 e. The van der Waals surface area contributed by atoms with Gasteiger partial charge in [-0.25, -0.2) is 0 Å². The first-order valence-corrected chi connectivity index (χ1v) is 26.6. The van der Waals surface area contributed by atoms with E-state index < -0.39 is 0 Å². The summed E-state index contributed by atoms with van der Waals surface area (Å²) in [5, 5.41) is 15.5. The fourth-order valence-corrected chi connectivity index (χ4v) is 13.8. The van der Waals surface area contributed by atoms with Crippen molar-refractivity contribution in [2.45, 2.75) is 0 Å². The summed E-state index contributed by atoms with van der Waals surface area (Å²) in [7, 11) is 0. The Balaban J connectivity index is 0.740. The zero-order valence-electron chi connectivity index (χ0n) is 39.6. The minimum absolute atomic E-state index is 1.10. The third-order valence-electron chi connectivity index (χ3n) is 15.0. The van der Waals surface area contributed by atoms with Crippen molar-refractivity contribution in [3.8, 4) is 44.5 Å². The maximum absolute atomic E-state index is 2.43. The number of anilines is 3. The van der Waals surface area contributed by atoms with Crippen LogP contribution in [0.3, 0.4) is 0 Å². The van der Waals surface area contributed by atoms with Crippen LogP contribution in [0.5, 0.6) is 0 Å². The molecule has 3 heteroatoms. The van der Waals surface area contributed by atoms with E-state index in [9.17, 15) is 0 Å². The van der Waals surface area contributed by atoms with Gasteiger partial charge in [-0.05, 0) is 137 Å². The zero-order valence-corrected chi connectivity index (χ0v) is 41.2. The van der Waals surface area contributed by atoms with E-state index in [4.69, 9.17) is 0 Å². The lowest BCUT2D eigenvalue weighted by molar-refractivity contribution is 1.30. The topological polar surface area (TPSA) is 3.24 Å². The van der Waals surface area contributed by atoms with Gasteiger partial charge in [-0.15, -0.1) is 22.7 Å². The van der Waals surface area contributed by atoms with Gasteiger partial charge in [0, 0.05) is 62.5 Å². The highest BCUT2D eigenvalue weighted by Gasteiger charge is 2.18. The van der Waals surface area contributed by atoms with E-state index in [0.717, 1.165) is 17.1 Å². The van der Waals surface area contributed by atoms with Crippen LogP contribution in [0.25, 0.3) is 128 Å². The van der Waals surface area contributed by atoms with E-state index in [1.54, 1.807) is 0 Å². The fourth-order valence-electron chi connectivity index (χ4n) is 11.3. The van der Waals surface area contributed by atoms with Gasteiger partial charge >= 0.3 is 0 Å². The Hall–Kier alpha value is -8.86. The van der Waals surface area contributed by atoms with E-state index in [1.807, 2.05) is 22.7 Å². The molecule has 0 aliphatic carbocycles. The number of rotatable bonds is 7. The summed E-state index contributed by atoms with van der Waals surface area (Å²) >= 11 is 3.80. The first kappa shape index (κ1) is 41.9. The molecule has 0 spiro atoms. The van der Waals surface area contributed by atoms with Crippen molar-refractivity contribution >= 4 is 123 Å². The van der Waals surface area contributed by atoms with Crippen molar-refractivity contribution in [1.29, 1.82) is 0 Å². The second-order valence-electron chi connectivity index (χ2n) is 19.2. The van der Waals surface area contributed by atoms with E-state index >= 15 is 0 Å². The third kappa shape index (κ3) is 7.04. The summed E-state index contributed by atoms with van der Waals surface area (Å²) in [5.74, 6) is 0. The average Bonchev–Trinajstić information content (AvgIpc) is 4.03. The second kappa shape index (κ2) is 16.9. The molecule has 0 bridgehead atoms. The highest BCUT2D eigenvalue weighted by atomic mass is 32.1. The molecule has 340 valence electrons. The normalized spacial score (nSPS) is 11.8. The molecule has 15 aromatic rings. The zero-order chi connectivity index (χ0) is 48.0. The van der Waals surface area contributed by atoms with E-state index in [0.29, 0.717) is 0 Å². The molecular formula is C70H43NS2. The number of hydrogen-bond donors (Lipinski definition) is 0. The Labute approximate surface area is 430 Å². The van der Waals surface area contributed by atoms with Crippen LogP contribution in [0, 0.1) is 0 Å². The average molecular weight is 962 g/mol. The highest BCUT2D eigenvalue weighted by molar-refractivity contribution is 7.27. The van der Waals surface area contributed by atoms with Crippen LogP contribution in [0.4, 0.5) is 17.1 Å². The predicted molar refractivity (Wildman–Crippen MR) is 319 cm³/mol. The van der Waals surface area contributed by atoms with Crippen LogP contribution < -0.4 is 4.90 Å². The SMILES string of the molecule is c1ccc2cc3c(cc2c1)sc1c2ccccc2c(-c2ccc(-c4ccc(N(c5ccc(-c6ccc(-c7ccc8sc9c%10ccccc%10ccc9c8c7)cc6)cc5)c5cccc6ccccc56)cc4)cc2)cc31. The maximum atomic E-state index is 2.43. The monoisotopic (exact) mass is 961 g/mol. The van der Waals surface area contributed by atoms with Crippen LogP contribution in [0.15, 0.2) is 261 Å². The molecular weight excluding hydrogens is 919 g/mol. The smallest absolute Gasteiger partial charge is 0.0540 e. The molecule has 0 aliphatic rings. The number of fused-ring (bicyclic) bond motifs is 12. The van der Waals surface area contributed by atoms with Gasteiger partial charge in [0.15, 0.2) is 0 Å². The van der Waals surface area contributed by atoms with Crippen LogP contribution in [0.1, 0.15) is 0 Å². The summed E-state index contributed by atoms with van der Waals surface area (Å²) in [6, 6.07) is 96.5. The van der Waals surface area contributed by atoms with Gasteiger partial charge in [0.05, 0.1) is 5.69 Å². The number of benzene rings is 13. The van der Waals surface area contributed by atoms with Gasteiger partial charge < -0.3 is 4.90 Å². The van der Waals surface area contributed by atoms with Crippen molar-refractivity contribution in [3.63, 3.8) is 0 Å². The van der Waals surface area contributed by atoms with Crippen LogP contribution >= 0.6 is 22.7 Å². The summed E-state index contributed by atoms with van der Waals surface area (Å²) < 4.78 is 5.37. The molecule has 73 heavy (non-hydrogen) atoms. The molecule has 0 N–H and O–H groups in total. The summed E-state index contributed by atoms with van der Waals surface area (Å²) in [5.41, 5.74) is 13.0. The molecule has 0 fully saturated rings. The molecule has 15 rings (SSSR count). The molecule has 0 amide bonds. The number of hydrogen-bond acceptors (Lipinski definition) is 3. The van der Waals surface area contributed by atoms with Crippen molar-refractivity contribution < 1.29 is 0 Å². The molecule has 0 atom stereocenters. The van der Waals surface area contributed by atoms with Gasteiger partial charge in [0.2, 0.25) is 0 Å². The van der Waals surface area contributed by atoms with E-state index in [-0.39, 0.29) is 0 Å². The van der Waals surface area contributed by atoms with E-state index in [1.165, 1.54) is 128 Å². The first-order chi connectivity index (χ1) is 36.1. The van der Waals surface area contributed by atoms with Crippen molar-refractivity contribution in [3.05, 3.63) is 261 Å². The van der Waals surface area contributed by atoms with Crippen molar-refractivity contribution in [1.82, 2.24) is 0 Å². The maximum Gasteiger partial charge on any atom is 0.0540 e.